The van der Waals surface area contributed by atoms with Crippen LogP contribution in [0.4, 0.5) is 0 Å². The van der Waals surface area contributed by atoms with Crippen molar-refractivity contribution in [3.63, 3.8) is 0 Å². The summed E-state index contributed by atoms with van der Waals surface area (Å²) in [7, 11) is 0. The van der Waals surface area contributed by atoms with Gasteiger partial charge >= 0.3 is 0 Å². The number of halogens is 1. The van der Waals surface area contributed by atoms with Gasteiger partial charge in [-0.05, 0) is 43.4 Å². The lowest BCUT2D eigenvalue weighted by atomic mass is 10.1. The Hall–Kier alpha value is -1.06. The summed E-state index contributed by atoms with van der Waals surface area (Å²) in [5, 5.41) is 0.758. The zero-order valence-corrected chi connectivity index (χ0v) is 14.1. The Bertz CT molecular complexity index is 461. The molecule has 2 rings (SSSR count). The summed E-state index contributed by atoms with van der Waals surface area (Å²) < 4.78 is 5.59. The standard InChI is InChI=1S/C18H26ClNO2/c1-2-12-22-14-16-10-11-20(13-16)18(21)5-3-4-15-6-8-17(19)9-7-15/h6-9,16H,2-5,10-14H2,1H3. The molecule has 0 saturated carbocycles. The number of nitrogens with zero attached hydrogens (tertiary/aromatic N) is 1. The molecule has 1 aromatic carbocycles. The van der Waals surface area contributed by atoms with E-state index < -0.39 is 0 Å². The Kier molecular flexibility index (Phi) is 7.20. The molecule has 0 radical (unpaired) electrons. The van der Waals surface area contributed by atoms with Crippen molar-refractivity contribution in [2.24, 2.45) is 5.92 Å². The maximum atomic E-state index is 12.2. The molecule has 1 unspecified atom stereocenters. The summed E-state index contributed by atoms with van der Waals surface area (Å²) in [6.07, 6.45) is 4.59. The fourth-order valence-corrected chi connectivity index (χ4v) is 2.97. The van der Waals surface area contributed by atoms with Crippen molar-refractivity contribution < 1.29 is 9.53 Å². The molecule has 1 fully saturated rings. The number of rotatable bonds is 8. The summed E-state index contributed by atoms with van der Waals surface area (Å²) >= 11 is 5.87. The average Bonchev–Trinajstić information content (AvgIpc) is 2.98. The first kappa shape index (κ1) is 17.3. The number of hydrogen-bond acceptors (Lipinski definition) is 2. The van der Waals surface area contributed by atoms with Crippen molar-refractivity contribution >= 4 is 17.5 Å². The minimum absolute atomic E-state index is 0.284. The van der Waals surface area contributed by atoms with Crippen LogP contribution in [0.3, 0.4) is 0 Å². The van der Waals surface area contributed by atoms with Crippen molar-refractivity contribution in [3.05, 3.63) is 34.9 Å². The highest BCUT2D eigenvalue weighted by molar-refractivity contribution is 6.30. The van der Waals surface area contributed by atoms with Crippen LogP contribution in [-0.4, -0.2) is 37.1 Å². The second-order valence-corrected chi connectivity index (χ2v) is 6.49. The van der Waals surface area contributed by atoms with E-state index in [1.165, 1.54) is 5.56 Å². The fraction of sp³-hybridized carbons (Fsp3) is 0.611. The lowest BCUT2D eigenvalue weighted by Gasteiger charge is -2.16. The Labute approximate surface area is 138 Å². The van der Waals surface area contributed by atoms with Crippen LogP contribution in [0.15, 0.2) is 24.3 Å². The first-order chi connectivity index (χ1) is 10.7. The maximum absolute atomic E-state index is 12.2. The Morgan fingerprint density at radius 3 is 2.86 bits per heavy atom. The summed E-state index contributed by atoms with van der Waals surface area (Å²) in [4.78, 5) is 14.2. The van der Waals surface area contributed by atoms with Gasteiger partial charge in [-0.15, -0.1) is 0 Å². The van der Waals surface area contributed by atoms with Gasteiger partial charge < -0.3 is 9.64 Å². The predicted octanol–water partition coefficient (Wildman–Crippen LogP) is 3.94. The molecule has 1 heterocycles. The number of carbonyl (C=O) groups is 1. The number of hydrogen-bond donors (Lipinski definition) is 0. The third-order valence-corrected chi connectivity index (χ3v) is 4.36. The van der Waals surface area contributed by atoms with Crippen LogP contribution in [0.1, 0.15) is 38.2 Å². The minimum atomic E-state index is 0.284. The number of amides is 1. The zero-order valence-electron chi connectivity index (χ0n) is 13.4. The molecule has 0 aliphatic carbocycles. The monoisotopic (exact) mass is 323 g/mol. The molecule has 1 aliphatic rings. The smallest absolute Gasteiger partial charge is 0.222 e. The lowest BCUT2D eigenvalue weighted by Crippen LogP contribution is -2.29. The van der Waals surface area contributed by atoms with Crippen LogP contribution in [0.2, 0.25) is 5.02 Å². The molecule has 22 heavy (non-hydrogen) atoms. The number of likely N-dealkylation sites (tertiary alicyclic amines) is 1. The van der Waals surface area contributed by atoms with Crippen LogP contribution in [-0.2, 0) is 16.0 Å². The number of carbonyl (C=O) groups excluding carboxylic acids is 1. The zero-order chi connectivity index (χ0) is 15.8. The molecular formula is C18H26ClNO2. The maximum Gasteiger partial charge on any atom is 0.222 e. The van der Waals surface area contributed by atoms with Crippen molar-refractivity contribution in [2.45, 2.75) is 39.0 Å². The van der Waals surface area contributed by atoms with Gasteiger partial charge in [0, 0.05) is 37.1 Å². The van der Waals surface area contributed by atoms with Crippen LogP contribution in [0.25, 0.3) is 0 Å². The van der Waals surface area contributed by atoms with Crippen LogP contribution < -0.4 is 0 Å². The van der Waals surface area contributed by atoms with Gasteiger partial charge in [-0.3, -0.25) is 4.79 Å². The topological polar surface area (TPSA) is 29.5 Å². The van der Waals surface area contributed by atoms with E-state index in [-0.39, 0.29) is 5.91 Å². The van der Waals surface area contributed by atoms with Crippen molar-refractivity contribution in [1.29, 1.82) is 0 Å². The van der Waals surface area contributed by atoms with Gasteiger partial charge in [0.05, 0.1) is 6.61 Å². The lowest BCUT2D eigenvalue weighted by molar-refractivity contribution is -0.130. The number of benzene rings is 1. The van der Waals surface area contributed by atoms with Gasteiger partial charge in [-0.2, -0.15) is 0 Å². The minimum Gasteiger partial charge on any atom is -0.381 e. The molecule has 0 bridgehead atoms. The van der Waals surface area contributed by atoms with Crippen molar-refractivity contribution in [3.8, 4) is 0 Å². The highest BCUT2D eigenvalue weighted by Crippen LogP contribution is 2.18. The quantitative estimate of drug-likeness (QED) is 0.678. The molecule has 1 saturated heterocycles. The Morgan fingerprint density at radius 1 is 1.36 bits per heavy atom. The molecule has 0 spiro atoms. The van der Waals surface area contributed by atoms with Crippen LogP contribution in [0.5, 0.6) is 0 Å². The summed E-state index contributed by atoms with van der Waals surface area (Å²) in [5.41, 5.74) is 1.24. The van der Waals surface area contributed by atoms with E-state index in [1.54, 1.807) is 0 Å². The van der Waals surface area contributed by atoms with E-state index in [1.807, 2.05) is 29.2 Å². The summed E-state index contributed by atoms with van der Waals surface area (Å²) in [5.74, 6) is 0.804. The van der Waals surface area contributed by atoms with Crippen molar-refractivity contribution in [1.82, 2.24) is 4.90 Å². The molecule has 3 nitrogen and oxygen atoms in total. The molecule has 122 valence electrons. The summed E-state index contributed by atoms with van der Waals surface area (Å²) in [6, 6.07) is 7.87. The first-order valence-corrected chi connectivity index (χ1v) is 8.66. The predicted molar refractivity (Wildman–Crippen MR) is 90.2 cm³/mol. The number of aryl methyl sites for hydroxylation is 1. The SMILES string of the molecule is CCCOCC1CCN(C(=O)CCCc2ccc(Cl)cc2)C1. The van der Waals surface area contributed by atoms with E-state index >= 15 is 0 Å². The van der Waals surface area contributed by atoms with Gasteiger partial charge in [-0.25, -0.2) is 0 Å². The highest BCUT2D eigenvalue weighted by atomic mass is 35.5. The van der Waals surface area contributed by atoms with E-state index in [2.05, 4.69) is 6.92 Å². The highest BCUT2D eigenvalue weighted by Gasteiger charge is 2.25. The van der Waals surface area contributed by atoms with E-state index in [0.717, 1.165) is 57.0 Å². The largest absolute Gasteiger partial charge is 0.381 e. The van der Waals surface area contributed by atoms with Gasteiger partial charge in [-0.1, -0.05) is 30.7 Å². The molecule has 1 aliphatic heterocycles. The van der Waals surface area contributed by atoms with Gasteiger partial charge in [0.15, 0.2) is 0 Å². The molecular weight excluding hydrogens is 298 g/mol. The third-order valence-electron chi connectivity index (χ3n) is 4.11. The molecule has 1 amide bonds. The van der Waals surface area contributed by atoms with Crippen molar-refractivity contribution in [2.75, 3.05) is 26.3 Å². The van der Waals surface area contributed by atoms with E-state index in [0.29, 0.717) is 12.3 Å². The average molecular weight is 324 g/mol. The van der Waals surface area contributed by atoms with Crippen LogP contribution >= 0.6 is 11.6 Å². The van der Waals surface area contributed by atoms with Gasteiger partial charge in [0.2, 0.25) is 5.91 Å². The van der Waals surface area contributed by atoms with E-state index in [9.17, 15) is 4.79 Å². The second-order valence-electron chi connectivity index (χ2n) is 6.05. The first-order valence-electron chi connectivity index (χ1n) is 8.29. The molecule has 0 N–H and O–H groups in total. The Morgan fingerprint density at radius 2 is 2.14 bits per heavy atom. The number of ether oxygens (including phenoxy) is 1. The van der Waals surface area contributed by atoms with E-state index in [4.69, 9.17) is 16.3 Å². The molecule has 0 aromatic heterocycles. The van der Waals surface area contributed by atoms with Gasteiger partial charge in [0.25, 0.3) is 0 Å². The third kappa shape index (κ3) is 5.62. The molecule has 4 heteroatoms. The van der Waals surface area contributed by atoms with Crippen LogP contribution in [0, 0.1) is 5.92 Å². The fourth-order valence-electron chi connectivity index (χ4n) is 2.84. The van der Waals surface area contributed by atoms with Gasteiger partial charge in [0.1, 0.15) is 0 Å². The summed E-state index contributed by atoms with van der Waals surface area (Å²) in [6.45, 7) is 5.49. The molecule has 1 aromatic rings. The normalized spacial score (nSPS) is 17.9. The second kappa shape index (κ2) is 9.16. The molecule has 1 atom stereocenters. The Balaban J connectivity index is 1.64.